The van der Waals surface area contributed by atoms with Crippen LogP contribution >= 0.6 is 23.2 Å². The zero-order valence-corrected chi connectivity index (χ0v) is 24.5. The number of benzene rings is 2. The molecule has 0 radical (unpaired) electrons. The van der Waals surface area contributed by atoms with Crippen LogP contribution in [0.5, 0.6) is 0 Å². The molecule has 3 N–H and O–H groups in total. The van der Waals surface area contributed by atoms with E-state index in [4.69, 9.17) is 23.2 Å². The molecule has 8 heteroatoms. The maximum atomic E-state index is 13.5. The van der Waals surface area contributed by atoms with E-state index < -0.39 is 29.3 Å². The summed E-state index contributed by atoms with van der Waals surface area (Å²) in [5.41, 5.74) is 2.35. The van der Waals surface area contributed by atoms with E-state index in [9.17, 15) is 19.5 Å². The van der Waals surface area contributed by atoms with Crippen LogP contribution in [0.2, 0.25) is 10.0 Å². The molecule has 2 amide bonds. The van der Waals surface area contributed by atoms with Gasteiger partial charge in [-0.3, -0.25) is 14.4 Å². The molecule has 0 saturated heterocycles. The van der Waals surface area contributed by atoms with E-state index in [0.29, 0.717) is 29.3 Å². The number of hydrogen-bond acceptors (Lipinski definition) is 3. The third-order valence-electron chi connectivity index (χ3n) is 6.83. The number of halogens is 2. The minimum atomic E-state index is -0.890. The van der Waals surface area contributed by atoms with Gasteiger partial charge in [-0.1, -0.05) is 94.1 Å². The SMILES string of the molecule is CCCC[C@@H](C[C@@H](CCc1ccc(-c2ccc(Cl)cc2Cl)cc1)C(=O)N[C@H](C(=O)NC)C(C)(C)C)C(=O)O. The van der Waals surface area contributed by atoms with Crippen LogP contribution < -0.4 is 10.6 Å². The van der Waals surface area contributed by atoms with E-state index >= 15 is 0 Å². The number of aliphatic carboxylic acids is 1. The number of carboxylic acid groups (broad SMARTS) is 1. The lowest BCUT2D eigenvalue weighted by Gasteiger charge is -2.31. The number of aryl methyl sites for hydroxylation is 1. The molecule has 2 aromatic rings. The van der Waals surface area contributed by atoms with Crippen molar-refractivity contribution in [2.75, 3.05) is 7.05 Å². The monoisotopic (exact) mass is 562 g/mol. The van der Waals surface area contributed by atoms with Gasteiger partial charge in [-0.05, 0) is 54.4 Å². The average Bonchev–Trinajstić information content (AvgIpc) is 2.85. The van der Waals surface area contributed by atoms with Gasteiger partial charge < -0.3 is 15.7 Å². The van der Waals surface area contributed by atoms with Crippen molar-refractivity contribution in [2.45, 2.75) is 72.3 Å². The second-order valence-corrected chi connectivity index (χ2v) is 11.7. The highest BCUT2D eigenvalue weighted by Gasteiger charge is 2.35. The van der Waals surface area contributed by atoms with Crippen molar-refractivity contribution in [1.29, 1.82) is 0 Å². The standard InChI is InChI=1S/C30H40Cl2N2O4/c1-6-7-8-22(29(37)38)17-21(27(35)34-26(28(36)33-5)30(2,3)4)14-11-19-9-12-20(13-10-19)24-16-15-23(31)18-25(24)32/h9-10,12-13,15-16,18,21-22,26H,6-8,11,14,17H2,1-5H3,(H,33,36)(H,34,35)(H,37,38)/t21-,22+,26-/m1/s1. The highest BCUT2D eigenvalue weighted by atomic mass is 35.5. The molecule has 2 rings (SSSR count). The molecule has 0 saturated carbocycles. The highest BCUT2D eigenvalue weighted by molar-refractivity contribution is 6.36. The number of nitrogens with one attached hydrogen (secondary N) is 2. The molecule has 208 valence electrons. The summed E-state index contributed by atoms with van der Waals surface area (Å²) in [5, 5.41) is 16.5. The number of carbonyl (C=O) groups excluding carboxylic acids is 2. The minimum absolute atomic E-state index is 0.226. The fourth-order valence-electron chi connectivity index (χ4n) is 4.49. The Morgan fingerprint density at radius 3 is 2.13 bits per heavy atom. The lowest BCUT2D eigenvalue weighted by Crippen LogP contribution is -2.54. The Balaban J connectivity index is 2.23. The zero-order valence-electron chi connectivity index (χ0n) is 22.9. The van der Waals surface area contributed by atoms with Crippen LogP contribution in [-0.2, 0) is 20.8 Å². The van der Waals surface area contributed by atoms with Crippen LogP contribution in [-0.4, -0.2) is 36.0 Å². The summed E-state index contributed by atoms with van der Waals surface area (Å²) < 4.78 is 0. The van der Waals surface area contributed by atoms with Crippen molar-refractivity contribution in [2.24, 2.45) is 17.3 Å². The molecule has 0 aromatic heterocycles. The van der Waals surface area contributed by atoms with Gasteiger partial charge in [-0.15, -0.1) is 0 Å². The van der Waals surface area contributed by atoms with E-state index in [0.717, 1.165) is 29.5 Å². The molecule has 6 nitrogen and oxygen atoms in total. The van der Waals surface area contributed by atoms with Crippen LogP contribution in [0.25, 0.3) is 11.1 Å². The molecule has 3 atom stereocenters. The van der Waals surface area contributed by atoms with Crippen LogP contribution in [0.1, 0.15) is 65.4 Å². The van der Waals surface area contributed by atoms with Crippen LogP contribution in [0.3, 0.4) is 0 Å². The third kappa shape index (κ3) is 9.32. The van der Waals surface area contributed by atoms with Gasteiger partial charge in [0.2, 0.25) is 11.8 Å². The van der Waals surface area contributed by atoms with Crippen LogP contribution in [0.15, 0.2) is 42.5 Å². The first-order valence-electron chi connectivity index (χ1n) is 13.2. The molecule has 0 unspecified atom stereocenters. The van der Waals surface area contributed by atoms with Crippen molar-refractivity contribution in [1.82, 2.24) is 10.6 Å². The number of carboxylic acids is 1. The molecule has 38 heavy (non-hydrogen) atoms. The summed E-state index contributed by atoms with van der Waals surface area (Å²) in [7, 11) is 1.54. The van der Waals surface area contributed by atoms with Gasteiger partial charge in [0.25, 0.3) is 0 Å². The summed E-state index contributed by atoms with van der Waals surface area (Å²) in [6, 6.07) is 12.6. The summed E-state index contributed by atoms with van der Waals surface area (Å²) in [5.74, 6) is -2.62. The van der Waals surface area contributed by atoms with E-state index in [1.54, 1.807) is 12.1 Å². The Morgan fingerprint density at radius 1 is 0.947 bits per heavy atom. The fourth-order valence-corrected chi connectivity index (χ4v) is 5.00. The first-order valence-corrected chi connectivity index (χ1v) is 13.9. The molecule has 0 fully saturated rings. The predicted octanol–water partition coefficient (Wildman–Crippen LogP) is 6.77. The number of carbonyl (C=O) groups is 3. The zero-order chi connectivity index (χ0) is 28.5. The smallest absolute Gasteiger partial charge is 0.306 e. The molecule has 2 aromatic carbocycles. The van der Waals surface area contributed by atoms with Gasteiger partial charge in [-0.25, -0.2) is 0 Å². The predicted molar refractivity (Wildman–Crippen MR) is 154 cm³/mol. The number of likely N-dealkylation sites (N-methyl/N-ethyl adjacent to an activating group) is 1. The number of hydrogen-bond donors (Lipinski definition) is 3. The molecule has 0 spiro atoms. The Kier molecular flexibility index (Phi) is 12.1. The van der Waals surface area contributed by atoms with Gasteiger partial charge in [0.05, 0.1) is 5.92 Å². The van der Waals surface area contributed by atoms with Crippen molar-refractivity contribution in [3.05, 3.63) is 58.1 Å². The number of rotatable bonds is 13. The highest BCUT2D eigenvalue weighted by Crippen LogP contribution is 2.31. The topological polar surface area (TPSA) is 95.5 Å². The Bertz CT molecular complexity index is 1100. The van der Waals surface area contributed by atoms with Crippen LogP contribution in [0, 0.1) is 17.3 Å². The summed E-state index contributed by atoms with van der Waals surface area (Å²) in [6.45, 7) is 7.68. The van der Waals surface area contributed by atoms with Crippen molar-refractivity contribution >= 4 is 41.0 Å². The largest absolute Gasteiger partial charge is 0.481 e. The molecule has 0 bridgehead atoms. The second kappa shape index (κ2) is 14.5. The molecule has 0 aliphatic carbocycles. The van der Waals surface area contributed by atoms with Gasteiger partial charge in [0, 0.05) is 28.6 Å². The van der Waals surface area contributed by atoms with Crippen molar-refractivity contribution in [3.8, 4) is 11.1 Å². The molecular formula is C30H40Cl2N2O4. The fraction of sp³-hybridized carbons (Fsp3) is 0.500. The lowest BCUT2D eigenvalue weighted by atomic mass is 9.83. The van der Waals surface area contributed by atoms with E-state index in [-0.39, 0.29) is 18.2 Å². The first-order chi connectivity index (χ1) is 17.9. The van der Waals surface area contributed by atoms with Crippen molar-refractivity contribution < 1.29 is 19.5 Å². The maximum Gasteiger partial charge on any atom is 0.306 e. The number of amides is 2. The summed E-state index contributed by atoms with van der Waals surface area (Å²) in [4.78, 5) is 38.0. The Morgan fingerprint density at radius 2 is 1.61 bits per heavy atom. The first kappa shape index (κ1) is 31.6. The normalized spacial score (nSPS) is 13.9. The third-order valence-corrected chi connectivity index (χ3v) is 7.38. The number of unbranched alkanes of at least 4 members (excludes halogenated alkanes) is 1. The second-order valence-electron chi connectivity index (χ2n) is 10.9. The summed E-state index contributed by atoms with van der Waals surface area (Å²) in [6.07, 6.45) is 3.46. The van der Waals surface area contributed by atoms with Gasteiger partial charge in [-0.2, -0.15) is 0 Å². The quantitative estimate of drug-likeness (QED) is 0.251. The van der Waals surface area contributed by atoms with Gasteiger partial charge in [0.1, 0.15) is 6.04 Å². The molecule has 0 aliphatic heterocycles. The van der Waals surface area contributed by atoms with Gasteiger partial charge in [0.15, 0.2) is 0 Å². The Labute approximate surface area is 236 Å². The average molecular weight is 564 g/mol. The molecule has 0 heterocycles. The minimum Gasteiger partial charge on any atom is -0.481 e. The molecule has 0 aliphatic rings. The van der Waals surface area contributed by atoms with Crippen LogP contribution in [0.4, 0.5) is 0 Å². The molecular weight excluding hydrogens is 523 g/mol. The van der Waals surface area contributed by atoms with Crippen molar-refractivity contribution in [3.63, 3.8) is 0 Å². The lowest BCUT2D eigenvalue weighted by molar-refractivity contribution is -0.143. The van der Waals surface area contributed by atoms with E-state index in [1.807, 2.05) is 58.0 Å². The maximum absolute atomic E-state index is 13.5. The summed E-state index contributed by atoms with van der Waals surface area (Å²) >= 11 is 12.4. The van der Waals surface area contributed by atoms with E-state index in [1.165, 1.54) is 7.05 Å². The van der Waals surface area contributed by atoms with E-state index in [2.05, 4.69) is 10.6 Å². The van der Waals surface area contributed by atoms with Gasteiger partial charge >= 0.3 is 5.97 Å². The Hall–Kier alpha value is -2.57.